The van der Waals surface area contributed by atoms with E-state index in [1.54, 1.807) is 12.3 Å². The SMILES string of the molecule is Cc1cccc(NC(=O)CCCC(=O)N2CCCC[C@H]2c2nc(N)ncc2-c2ccc(Cl)cc2)n1. The highest BCUT2D eigenvalue weighted by atomic mass is 35.5. The average Bonchev–Trinajstić information content (AvgIpc) is 2.84. The van der Waals surface area contributed by atoms with Crippen molar-refractivity contribution in [2.75, 3.05) is 17.6 Å². The zero-order valence-electron chi connectivity index (χ0n) is 19.7. The molecule has 0 aliphatic carbocycles. The third kappa shape index (κ3) is 6.33. The maximum absolute atomic E-state index is 13.2. The Hall–Kier alpha value is -3.52. The molecule has 1 aliphatic rings. The first-order valence-electron chi connectivity index (χ1n) is 11.8. The number of halogens is 1. The fraction of sp³-hybridized carbons (Fsp3) is 0.346. The van der Waals surface area contributed by atoms with Gasteiger partial charge in [-0.15, -0.1) is 0 Å². The number of anilines is 2. The van der Waals surface area contributed by atoms with E-state index in [9.17, 15) is 9.59 Å². The average molecular weight is 493 g/mol. The summed E-state index contributed by atoms with van der Waals surface area (Å²) >= 11 is 6.06. The van der Waals surface area contributed by atoms with E-state index in [0.717, 1.165) is 41.8 Å². The molecular weight excluding hydrogens is 464 g/mol. The monoisotopic (exact) mass is 492 g/mol. The number of pyridine rings is 1. The molecule has 0 saturated carbocycles. The lowest BCUT2D eigenvalue weighted by Crippen LogP contribution is -2.39. The van der Waals surface area contributed by atoms with Crippen LogP contribution in [-0.4, -0.2) is 38.2 Å². The van der Waals surface area contributed by atoms with Crippen molar-refractivity contribution in [2.45, 2.75) is 51.5 Å². The lowest BCUT2D eigenvalue weighted by atomic mass is 9.93. The minimum absolute atomic E-state index is 0.00965. The fourth-order valence-electron chi connectivity index (χ4n) is 4.39. The van der Waals surface area contributed by atoms with Crippen LogP contribution >= 0.6 is 11.6 Å². The molecule has 1 atom stereocenters. The second kappa shape index (κ2) is 11.3. The quantitative estimate of drug-likeness (QED) is 0.482. The van der Waals surface area contributed by atoms with Crippen LogP contribution in [0.3, 0.4) is 0 Å². The number of aryl methyl sites for hydroxylation is 1. The van der Waals surface area contributed by atoms with Gasteiger partial charge in [0, 0.05) is 41.9 Å². The molecule has 35 heavy (non-hydrogen) atoms. The van der Waals surface area contributed by atoms with E-state index in [2.05, 4.69) is 20.3 Å². The standard InChI is InChI=1S/C26H29ClN6O2/c1-17-6-4-8-22(30-17)31-23(34)9-5-10-24(35)33-15-3-2-7-21(33)25-20(16-29-26(28)32-25)18-11-13-19(27)14-12-18/h4,6,8,11-14,16,21H,2-3,5,7,9-10,15H2,1H3,(H2,28,29,32)(H,30,31,34)/t21-/m0/s1. The van der Waals surface area contributed by atoms with E-state index in [1.807, 2.05) is 48.2 Å². The molecule has 182 valence electrons. The first kappa shape index (κ1) is 24.6. The van der Waals surface area contributed by atoms with Crippen molar-refractivity contribution in [2.24, 2.45) is 0 Å². The third-order valence-electron chi connectivity index (χ3n) is 6.08. The van der Waals surface area contributed by atoms with E-state index in [-0.39, 0.29) is 36.6 Å². The Morgan fingerprint density at radius 3 is 2.69 bits per heavy atom. The predicted molar refractivity (Wildman–Crippen MR) is 137 cm³/mol. The molecule has 0 radical (unpaired) electrons. The summed E-state index contributed by atoms with van der Waals surface area (Å²) in [6.07, 6.45) is 5.40. The molecule has 0 spiro atoms. The fourth-order valence-corrected chi connectivity index (χ4v) is 4.52. The Balaban J connectivity index is 1.44. The van der Waals surface area contributed by atoms with Gasteiger partial charge in [0.15, 0.2) is 0 Å². The van der Waals surface area contributed by atoms with Crippen LogP contribution in [0.2, 0.25) is 5.02 Å². The molecule has 3 aromatic rings. The lowest BCUT2D eigenvalue weighted by molar-refractivity contribution is -0.135. The molecule has 1 aromatic carbocycles. The molecular formula is C26H29ClN6O2. The van der Waals surface area contributed by atoms with Crippen LogP contribution in [0.15, 0.2) is 48.7 Å². The second-order valence-corrected chi connectivity index (χ2v) is 9.14. The van der Waals surface area contributed by atoms with Gasteiger partial charge in [0.1, 0.15) is 5.82 Å². The van der Waals surface area contributed by atoms with E-state index in [1.165, 1.54) is 0 Å². The van der Waals surface area contributed by atoms with Crippen LogP contribution in [0.4, 0.5) is 11.8 Å². The van der Waals surface area contributed by atoms with E-state index in [0.29, 0.717) is 23.8 Å². The van der Waals surface area contributed by atoms with E-state index in [4.69, 9.17) is 17.3 Å². The molecule has 1 fully saturated rings. The van der Waals surface area contributed by atoms with Gasteiger partial charge in [-0.05, 0) is 62.4 Å². The molecule has 4 rings (SSSR count). The van der Waals surface area contributed by atoms with Gasteiger partial charge in [-0.1, -0.05) is 29.8 Å². The Morgan fingerprint density at radius 1 is 1.11 bits per heavy atom. The molecule has 1 saturated heterocycles. The summed E-state index contributed by atoms with van der Waals surface area (Å²) in [5.41, 5.74) is 9.28. The molecule has 2 aromatic heterocycles. The summed E-state index contributed by atoms with van der Waals surface area (Å²) in [7, 11) is 0. The normalized spacial score (nSPS) is 15.6. The highest BCUT2D eigenvalue weighted by Crippen LogP contribution is 2.36. The molecule has 1 aliphatic heterocycles. The molecule has 3 N–H and O–H groups in total. The maximum atomic E-state index is 13.2. The van der Waals surface area contributed by atoms with Gasteiger partial charge in [-0.25, -0.2) is 15.0 Å². The van der Waals surface area contributed by atoms with Crippen molar-refractivity contribution in [3.05, 3.63) is 65.1 Å². The number of hydrogen-bond donors (Lipinski definition) is 2. The molecule has 8 nitrogen and oxygen atoms in total. The summed E-state index contributed by atoms with van der Waals surface area (Å²) in [6, 6.07) is 12.7. The number of amides is 2. The number of nitrogens with two attached hydrogens (primary N) is 1. The number of piperidine rings is 1. The van der Waals surface area contributed by atoms with Gasteiger partial charge in [-0.2, -0.15) is 0 Å². The number of nitrogens with zero attached hydrogens (tertiary/aromatic N) is 4. The third-order valence-corrected chi connectivity index (χ3v) is 6.33. The second-order valence-electron chi connectivity index (χ2n) is 8.70. The molecule has 0 unspecified atom stereocenters. The Kier molecular flexibility index (Phi) is 7.92. The highest BCUT2D eigenvalue weighted by Gasteiger charge is 2.31. The topological polar surface area (TPSA) is 114 Å². The van der Waals surface area contributed by atoms with Crippen molar-refractivity contribution in [3.8, 4) is 11.1 Å². The van der Waals surface area contributed by atoms with Gasteiger partial charge < -0.3 is 16.0 Å². The van der Waals surface area contributed by atoms with Gasteiger partial charge >= 0.3 is 0 Å². The van der Waals surface area contributed by atoms with Crippen LogP contribution in [-0.2, 0) is 9.59 Å². The Labute approximate surface area is 209 Å². The summed E-state index contributed by atoms with van der Waals surface area (Å²) in [6.45, 7) is 2.51. The van der Waals surface area contributed by atoms with Gasteiger partial charge in [0.2, 0.25) is 17.8 Å². The number of carbonyl (C=O) groups is 2. The Bertz CT molecular complexity index is 1200. The number of nitrogens with one attached hydrogen (secondary N) is 1. The highest BCUT2D eigenvalue weighted by molar-refractivity contribution is 6.30. The van der Waals surface area contributed by atoms with Crippen molar-refractivity contribution in [3.63, 3.8) is 0 Å². The number of benzene rings is 1. The van der Waals surface area contributed by atoms with Crippen molar-refractivity contribution >= 4 is 35.2 Å². The number of likely N-dealkylation sites (tertiary alicyclic amines) is 1. The summed E-state index contributed by atoms with van der Waals surface area (Å²) in [4.78, 5) is 40.5. The van der Waals surface area contributed by atoms with Crippen LogP contribution in [0.1, 0.15) is 56.0 Å². The van der Waals surface area contributed by atoms with Crippen LogP contribution in [0, 0.1) is 6.92 Å². The maximum Gasteiger partial charge on any atom is 0.225 e. The number of hydrogen-bond acceptors (Lipinski definition) is 6. The van der Waals surface area contributed by atoms with Gasteiger partial charge in [0.05, 0.1) is 11.7 Å². The van der Waals surface area contributed by atoms with Crippen LogP contribution in [0.25, 0.3) is 11.1 Å². The first-order valence-corrected chi connectivity index (χ1v) is 12.2. The minimum Gasteiger partial charge on any atom is -0.368 e. The summed E-state index contributed by atoms with van der Waals surface area (Å²) in [5, 5.41) is 3.43. The molecule has 2 amide bonds. The predicted octanol–water partition coefficient (Wildman–Crippen LogP) is 4.95. The summed E-state index contributed by atoms with van der Waals surface area (Å²) < 4.78 is 0. The zero-order valence-corrected chi connectivity index (χ0v) is 20.5. The lowest BCUT2D eigenvalue weighted by Gasteiger charge is -2.36. The van der Waals surface area contributed by atoms with Crippen LogP contribution in [0.5, 0.6) is 0 Å². The van der Waals surface area contributed by atoms with Crippen LogP contribution < -0.4 is 11.1 Å². The van der Waals surface area contributed by atoms with E-state index >= 15 is 0 Å². The van der Waals surface area contributed by atoms with Crippen molar-refractivity contribution in [1.82, 2.24) is 19.9 Å². The minimum atomic E-state index is -0.197. The van der Waals surface area contributed by atoms with Crippen molar-refractivity contribution in [1.29, 1.82) is 0 Å². The van der Waals surface area contributed by atoms with E-state index < -0.39 is 0 Å². The number of carbonyl (C=O) groups excluding carboxylic acids is 2. The molecule has 9 heteroatoms. The zero-order chi connectivity index (χ0) is 24.8. The van der Waals surface area contributed by atoms with Gasteiger partial charge in [0.25, 0.3) is 0 Å². The number of nitrogen functional groups attached to an aromatic ring is 1. The molecule has 3 heterocycles. The summed E-state index contributed by atoms with van der Waals surface area (Å²) in [5.74, 6) is 0.556. The van der Waals surface area contributed by atoms with Gasteiger partial charge in [-0.3, -0.25) is 9.59 Å². The number of rotatable bonds is 7. The van der Waals surface area contributed by atoms with Crippen molar-refractivity contribution < 1.29 is 9.59 Å². The smallest absolute Gasteiger partial charge is 0.225 e. The largest absolute Gasteiger partial charge is 0.368 e. The first-order chi connectivity index (χ1) is 16.9. The Morgan fingerprint density at radius 2 is 1.91 bits per heavy atom. The molecule has 0 bridgehead atoms. The number of aromatic nitrogens is 3.